The van der Waals surface area contributed by atoms with Crippen molar-refractivity contribution in [3.63, 3.8) is 0 Å². The van der Waals surface area contributed by atoms with E-state index in [4.69, 9.17) is 0 Å². The van der Waals surface area contributed by atoms with E-state index in [1.807, 2.05) is 9.58 Å². The molecule has 0 atom stereocenters. The maximum absolute atomic E-state index is 12.9. The number of carbonyl (C=O) groups excluding carboxylic acids is 2. The van der Waals surface area contributed by atoms with Crippen molar-refractivity contribution in [2.24, 2.45) is 7.05 Å². The molecule has 2 aromatic rings. The Morgan fingerprint density at radius 2 is 1.89 bits per heavy atom. The van der Waals surface area contributed by atoms with Gasteiger partial charge in [0.25, 0.3) is 5.91 Å². The van der Waals surface area contributed by atoms with Gasteiger partial charge < -0.3 is 9.80 Å². The van der Waals surface area contributed by atoms with Gasteiger partial charge in [0.2, 0.25) is 11.1 Å². The lowest BCUT2D eigenvalue weighted by molar-refractivity contribution is -0.129. The Kier molecular flexibility index (Phi) is 5.10. The van der Waals surface area contributed by atoms with Crippen molar-refractivity contribution in [3.05, 3.63) is 17.5 Å². The van der Waals surface area contributed by atoms with Gasteiger partial charge >= 0.3 is 0 Å². The van der Waals surface area contributed by atoms with Crippen molar-refractivity contribution in [1.29, 1.82) is 0 Å². The van der Waals surface area contributed by atoms with Crippen LogP contribution in [0.5, 0.6) is 0 Å². The number of hydrogen-bond acceptors (Lipinski definition) is 7. The number of hydrogen-bond donors (Lipinski definition) is 0. The summed E-state index contributed by atoms with van der Waals surface area (Å²) in [6, 6.07) is 0. The molecule has 2 amide bonds. The van der Waals surface area contributed by atoms with E-state index in [1.54, 1.807) is 22.8 Å². The molecule has 0 radical (unpaired) electrons. The van der Waals surface area contributed by atoms with E-state index in [2.05, 4.69) is 20.6 Å². The fourth-order valence-corrected chi connectivity index (χ4v) is 4.24. The third-order valence-corrected chi connectivity index (χ3v) is 6.03. The van der Waals surface area contributed by atoms with Gasteiger partial charge in [0, 0.05) is 39.8 Å². The summed E-state index contributed by atoms with van der Waals surface area (Å²) in [5.74, 6) is 0.363. The van der Waals surface area contributed by atoms with Crippen molar-refractivity contribution in [1.82, 2.24) is 39.8 Å². The number of amides is 2. The fraction of sp³-hybridized carbons (Fsp3) is 0.625. The molecule has 0 spiro atoms. The summed E-state index contributed by atoms with van der Waals surface area (Å²) in [4.78, 5) is 28.9. The van der Waals surface area contributed by atoms with Crippen LogP contribution in [-0.4, -0.2) is 83.5 Å². The van der Waals surface area contributed by atoms with Gasteiger partial charge in [-0.15, -0.1) is 5.10 Å². The number of rotatable bonds is 4. The smallest absolute Gasteiger partial charge is 0.257 e. The van der Waals surface area contributed by atoms with Gasteiger partial charge in [0.15, 0.2) is 0 Å². The van der Waals surface area contributed by atoms with E-state index in [0.717, 1.165) is 37.1 Å². The molecule has 0 unspecified atom stereocenters. The molecule has 144 valence electrons. The standard InChI is InChI=1S/C16H22N8O2S/c1-21-16(18-19-20-21)27-11-14(25)22-6-8-23(9-7-22)15(26)12-10-17-24-5-3-2-4-13(12)24/h10H,2-9,11H2,1H3. The number of carbonyl (C=O) groups is 2. The average molecular weight is 390 g/mol. The van der Waals surface area contributed by atoms with Crippen molar-refractivity contribution in [2.45, 2.75) is 31.0 Å². The molecule has 2 aliphatic heterocycles. The van der Waals surface area contributed by atoms with E-state index in [-0.39, 0.29) is 11.8 Å². The normalized spacial score (nSPS) is 17.1. The molecule has 1 saturated heterocycles. The fourth-order valence-electron chi connectivity index (χ4n) is 3.49. The van der Waals surface area contributed by atoms with Crippen LogP contribution in [0.3, 0.4) is 0 Å². The van der Waals surface area contributed by atoms with Crippen LogP contribution in [0.1, 0.15) is 28.9 Å². The van der Waals surface area contributed by atoms with Crippen LogP contribution in [0, 0.1) is 0 Å². The lowest BCUT2D eigenvalue weighted by Crippen LogP contribution is -2.51. The lowest BCUT2D eigenvalue weighted by Gasteiger charge is -2.34. The van der Waals surface area contributed by atoms with Gasteiger partial charge in [-0.1, -0.05) is 11.8 Å². The second kappa shape index (κ2) is 7.67. The van der Waals surface area contributed by atoms with Crippen molar-refractivity contribution in [2.75, 3.05) is 31.9 Å². The van der Waals surface area contributed by atoms with E-state index in [1.165, 1.54) is 11.8 Å². The van der Waals surface area contributed by atoms with E-state index >= 15 is 0 Å². The van der Waals surface area contributed by atoms with Crippen LogP contribution >= 0.6 is 11.8 Å². The Balaban J connectivity index is 1.31. The number of thioether (sulfide) groups is 1. The van der Waals surface area contributed by atoms with Crippen LogP contribution < -0.4 is 0 Å². The minimum absolute atomic E-state index is 0.0322. The Hall–Kier alpha value is -2.43. The first kappa shape index (κ1) is 18.0. The van der Waals surface area contributed by atoms with Crippen LogP contribution in [0.4, 0.5) is 0 Å². The summed E-state index contributed by atoms with van der Waals surface area (Å²) in [5.41, 5.74) is 1.78. The highest BCUT2D eigenvalue weighted by Crippen LogP contribution is 2.20. The minimum Gasteiger partial charge on any atom is -0.338 e. The molecule has 4 heterocycles. The monoisotopic (exact) mass is 390 g/mol. The third kappa shape index (κ3) is 3.68. The van der Waals surface area contributed by atoms with Crippen LogP contribution in [0.2, 0.25) is 0 Å². The first-order valence-electron chi connectivity index (χ1n) is 9.10. The summed E-state index contributed by atoms with van der Waals surface area (Å²) in [5, 5.41) is 16.1. The summed E-state index contributed by atoms with van der Waals surface area (Å²) >= 11 is 1.32. The number of piperazine rings is 1. The van der Waals surface area contributed by atoms with E-state index in [0.29, 0.717) is 37.1 Å². The molecule has 2 aromatic heterocycles. The number of tetrazole rings is 1. The van der Waals surface area contributed by atoms with Gasteiger partial charge in [-0.25, -0.2) is 4.68 Å². The van der Waals surface area contributed by atoms with E-state index in [9.17, 15) is 9.59 Å². The second-order valence-electron chi connectivity index (χ2n) is 6.73. The average Bonchev–Trinajstić information content (AvgIpc) is 3.31. The highest BCUT2D eigenvalue weighted by molar-refractivity contribution is 7.99. The van der Waals surface area contributed by atoms with Crippen LogP contribution in [-0.2, 0) is 24.8 Å². The SMILES string of the molecule is Cn1nnnc1SCC(=O)N1CCN(C(=O)c2cnn3c2CCCC3)CC1. The number of nitrogens with zero attached hydrogens (tertiary/aromatic N) is 8. The van der Waals surface area contributed by atoms with Crippen LogP contribution in [0.25, 0.3) is 0 Å². The highest BCUT2D eigenvalue weighted by Gasteiger charge is 2.28. The molecule has 27 heavy (non-hydrogen) atoms. The molecule has 0 N–H and O–H groups in total. The first-order valence-corrected chi connectivity index (χ1v) is 10.1. The molecule has 0 saturated carbocycles. The third-order valence-electron chi connectivity index (χ3n) is 5.04. The van der Waals surface area contributed by atoms with Gasteiger partial charge in [-0.2, -0.15) is 5.10 Å². The Morgan fingerprint density at radius 3 is 2.63 bits per heavy atom. The largest absolute Gasteiger partial charge is 0.338 e. The quantitative estimate of drug-likeness (QED) is 0.667. The summed E-state index contributed by atoms with van der Waals surface area (Å²) < 4.78 is 3.50. The molecular formula is C16H22N8O2S. The predicted octanol–water partition coefficient (Wildman–Crippen LogP) is -0.180. The zero-order valence-corrected chi connectivity index (χ0v) is 16.1. The Labute approximate surface area is 160 Å². The topological polar surface area (TPSA) is 102 Å². The van der Waals surface area contributed by atoms with Crippen molar-refractivity contribution < 1.29 is 9.59 Å². The molecule has 0 bridgehead atoms. The molecule has 0 aliphatic carbocycles. The van der Waals surface area contributed by atoms with Crippen LogP contribution in [0.15, 0.2) is 11.4 Å². The lowest BCUT2D eigenvalue weighted by atomic mass is 10.1. The van der Waals surface area contributed by atoms with Crippen molar-refractivity contribution >= 4 is 23.6 Å². The van der Waals surface area contributed by atoms with Gasteiger partial charge in [0.1, 0.15) is 0 Å². The number of fused-ring (bicyclic) bond motifs is 1. The molecule has 2 aliphatic rings. The van der Waals surface area contributed by atoms with Gasteiger partial charge in [-0.3, -0.25) is 14.3 Å². The Morgan fingerprint density at radius 1 is 1.11 bits per heavy atom. The van der Waals surface area contributed by atoms with Crippen molar-refractivity contribution in [3.8, 4) is 0 Å². The molecule has 4 rings (SSSR count). The zero-order chi connectivity index (χ0) is 18.8. The second-order valence-corrected chi connectivity index (χ2v) is 7.67. The first-order chi connectivity index (χ1) is 13.1. The maximum atomic E-state index is 12.9. The maximum Gasteiger partial charge on any atom is 0.257 e. The summed E-state index contributed by atoms with van der Waals surface area (Å²) in [6.07, 6.45) is 4.83. The summed E-state index contributed by atoms with van der Waals surface area (Å²) in [6.45, 7) is 3.08. The minimum atomic E-state index is 0.0322. The molecule has 11 heteroatoms. The predicted molar refractivity (Wildman–Crippen MR) is 97.2 cm³/mol. The molecule has 1 fully saturated rings. The van der Waals surface area contributed by atoms with E-state index < -0.39 is 0 Å². The molecule has 10 nitrogen and oxygen atoms in total. The van der Waals surface area contributed by atoms with Gasteiger partial charge in [0.05, 0.1) is 23.2 Å². The zero-order valence-electron chi connectivity index (χ0n) is 15.2. The molecular weight excluding hydrogens is 368 g/mol. The van der Waals surface area contributed by atoms with Gasteiger partial charge in [-0.05, 0) is 29.7 Å². The molecule has 0 aromatic carbocycles. The number of aromatic nitrogens is 6. The highest BCUT2D eigenvalue weighted by atomic mass is 32.2. The Bertz CT molecular complexity index is 839. The number of aryl methyl sites for hydroxylation is 2. The summed E-state index contributed by atoms with van der Waals surface area (Å²) in [7, 11) is 1.74.